The highest BCUT2D eigenvalue weighted by Gasteiger charge is 2.08. The maximum Gasteiger partial charge on any atom is 0.355 e. The van der Waals surface area contributed by atoms with Crippen LogP contribution in [0.5, 0.6) is 0 Å². The smallest absolute Gasteiger partial charge is 0.355 e. The molecule has 3 N–H and O–H groups in total. The second-order valence-corrected chi connectivity index (χ2v) is 6.49. The lowest BCUT2D eigenvalue weighted by Crippen LogP contribution is -2.37. The Labute approximate surface area is 123 Å². The molecule has 9 heteroatoms. The van der Waals surface area contributed by atoms with Crippen LogP contribution in [0.3, 0.4) is 0 Å². The number of urea groups is 1. The number of amides is 2. The van der Waals surface area contributed by atoms with Crippen molar-refractivity contribution in [2.24, 2.45) is 0 Å². The minimum absolute atomic E-state index is 0.0296. The van der Waals surface area contributed by atoms with E-state index < -0.39 is 16.8 Å². The van der Waals surface area contributed by atoms with E-state index in [1.807, 2.05) is 0 Å². The van der Waals surface area contributed by atoms with Gasteiger partial charge in [-0.05, 0) is 6.42 Å². The normalized spacial score (nSPS) is 11.8. The number of nitrogens with zero attached hydrogens (tertiary/aromatic N) is 1. The van der Waals surface area contributed by atoms with Gasteiger partial charge in [-0.3, -0.25) is 4.21 Å². The largest absolute Gasteiger partial charge is 0.476 e. The first-order valence-electron chi connectivity index (χ1n) is 5.98. The quantitative estimate of drug-likeness (QED) is 0.603. The van der Waals surface area contributed by atoms with E-state index >= 15 is 0 Å². The molecule has 0 aliphatic heterocycles. The maximum atomic E-state index is 11.4. The Balaban J connectivity index is 2.15. The Morgan fingerprint density at radius 3 is 2.70 bits per heavy atom. The Morgan fingerprint density at radius 2 is 2.10 bits per heavy atom. The lowest BCUT2D eigenvalue weighted by atomic mass is 10.4. The number of carboxylic acid groups (broad SMARTS) is 1. The van der Waals surface area contributed by atoms with Gasteiger partial charge in [-0.15, -0.1) is 11.3 Å². The molecule has 0 fully saturated rings. The molecule has 0 aliphatic rings. The third kappa shape index (κ3) is 6.62. The van der Waals surface area contributed by atoms with Gasteiger partial charge in [0.2, 0.25) is 0 Å². The fraction of sp³-hybridized carbons (Fsp3) is 0.545. The molecule has 1 aromatic rings. The predicted molar refractivity (Wildman–Crippen MR) is 77.7 cm³/mol. The molecule has 1 heterocycles. The summed E-state index contributed by atoms with van der Waals surface area (Å²) >= 11 is 1.26. The number of nitrogens with one attached hydrogen (secondary N) is 2. The van der Waals surface area contributed by atoms with Crippen LogP contribution in [-0.4, -0.2) is 51.4 Å². The van der Waals surface area contributed by atoms with Gasteiger partial charge in [0.15, 0.2) is 5.69 Å². The van der Waals surface area contributed by atoms with Crippen molar-refractivity contribution in [2.45, 2.75) is 12.8 Å². The van der Waals surface area contributed by atoms with Gasteiger partial charge in [-0.2, -0.15) is 0 Å². The number of hydrogen-bond donors (Lipinski definition) is 3. The van der Waals surface area contributed by atoms with Crippen molar-refractivity contribution in [3.63, 3.8) is 0 Å². The molecule has 0 spiro atoms. The number of carbonyl (C=O) groups is 2. The van der Waals surface area contributed by atoms with Crippen LogP contribution in [-0.2, 0) is 17.2 Å². The van der Waals surface area contributed by atoms with E-state index in [4.69, 9.17) is 5.11 Å². The van der Waals surface area contributed by atoms with Crippen LogP contribution >= 0.6 is 11.3 Å². The first-order valence-corrected chi connectivity index (χ1v) is 8.59. The number of carbonyl (C=O) groups excluding carboxylic acids is 1. The molecule has 20 heavy (non-hydrogen) atoms. The summed E-state index contributed by atoms with van der Waals surface area (Å²) in [5.74, 6) is -0.483. The maximum absolute atomic E-state index is 11.4. The monoisotopic (exact) mass is 319 g/mol. The Bertz CT molecular complexity index is 490. The summed E-state index contributed by atoms with van der Waals surface area (Å²) in [7, 11) is -0.839. The first-order chi connectivity index (χ1) is 9.49. The van der Waals surface area contributed by atoms with Crippen molar-refractivity contribution in [2.75, 3.05) is 25.1 Å². The zero-order valence-corrected chi connectivity index (χ0v) is 12.7. The second kappa shape index (κ2) is 8.64. The zero-order valence-electron chi connectivity index (χ0n) is 11.0. The Kier molecular flexibility index (Phi) is 7.16. The number of aromatic nitrogens is 1. The van der Waals surface area contributed by atoms with Gasteiger partial charge in [-0.1, -0.05) is 0 Å². The van der Waals surface area contributed by atoms with E-state index in [0.29, 0.717) is 36.7 Å². The van der Waals surface area contributed by atoms with E-state index in [2.05, 4.69) is 15.6 Å². The first kappa shape index (κ1) is 16.6. The molecule has 0 saturated carbocycles. The number of thiazole rings is 1. The summed E-state index contributed by atoms with van der Waals surface area (Å²) < 4.78 is 10.8. The average molecular weight is 319 g/mol. The summed E-state index contributed by atoms with van der Waals surface area (Å²) in [5, 5.41) is 16.2. The van der Waals surface area contributed by atoms with E-state index in [0.717, 1.165) is 0 Å². The molecule has 1 unspecified atom stereocenters. The van der Waals surface area contributed by atoms with Crippen molar-refractivity contribution in [1.82, 2.24) is 15.6 Å². The highest BCUT2D eigenvalue weighted by molar-refractivity contribution is 7.84. The van der Waals surface area contributed by atoms with Gasteiger partial charge in [0.25, 0.3) is 0 Å². The van der Waals surface area contributed by atoms with Crippen LogP contribution in [0.25, 0.3) is 0 Å². The molecular weight excluding hydrogens is 302 g/mol. The molecule has 0 bridgehead atoms. The molecule has 0 radical (unpaired) electrons. The fourth-order valence-electron chi connectivity index (χ4n) is 1.35. The molecule has 1 rings (SSSR count). The molecule has 2 amide bonds. The van der Waals surface area contributed by atoms with E-state index in [-0.39, 0.29) is 11.7 Å². The molecular formula is C11H17N3O4S2. The van der Waals surface area contributed by atoms with Crippen molar-refractivity contribution >= 4 is 34.1 Å². The molecule has 0 aliphatic carbocycles. The van der Waals surface area contributed by atoms with Gasteiger partial charge < -0.3 is 15.7 Å². The lowest BCUT2D eigenvalue weighted by molar-refractivity contribution is 0.0691. The molecule has 112 valence electrons. The van der Waals surface area contributed by atoms with Gasteiger partial charge in [0.1, 0.15) is 0 Å². The number of carboxylic acids is 1. The molecule has 7 nitrogen and oxygen atoms in total. The van der Waals surface area contributed by atoms with Crippen molar-refractivity contribution < 1.29 is 18.9 Å². The van der Waals surface area contributed by atoms with Gasteiger partial charge in [0.05, 0.1) is 5.01 Å². The van der Waals surface area contributed by atoms with Gasteiger partial charge in [-0.25, -0.2) is 14.6 Å². The summed E-state index contributed by atoms with van der Waals surface area (Å²) in [4.78, 5) is 25.9. The Hall–Kier alpha value is -1.48. The minimum Gasteiger partial charge on any atom is -0.476 e. The third-order valence-electron chi connectivity index (χ3n) is 2.29. The third-order valence-corrected chi connectivity index (χ3v) is 4.06. The van der Waals surface area contributed by atoms with E-state index in [9.17, 15) is 13.8 Å². The minimum atomic E-state index is -1.05. The zero-order chi connectivity index (χ0) is 15.0. The number of rotatable bonds is 8. The molecule has 1 aromatic heterocycles. The lowest BCUT2D eigenvalue weighted by Gasteiger charge is -2.06. The molecule has 0 saturated heterocycles. The standard InChI is InChI=1S/C11H17N3O4S2/c1-20(18)6-2-4-12-11(17)13-5-3-9-14-8(7-19-9)10(15)16/h7H,2-6H2,1H3,(H,15,16)(H2,12,13,17). The van der Waals surface area contributed by atoms with Crippen LogP contribution in [0.2, 0.25) is 0 Å². The number of aromatic carboxylic acids is 1. The summed E-state index contributed by atoms with van der Waals surface area (Å²) in [5.41, 5.74) is 0.0296. The van der Waals surface area contributed by atoms with Crippen molar-refractivity contribution in [3.05, 3.63) is 16.1 Å². The van der Waals surface area contributed by atoms with Crippen LogP contribution < -0.4 is 10.6 Å². The highest BCUT2D eigenvalue weighted by Crippen LogP contribution is 2.09. The molecule has 1 atom stereocenters. The SMILES string of the molecule is CS(=O)CCCNC(=O)NCCc1nc(C(=O)O)cs1. The van der Waals surface area contributed by atoms with Crippen LogP contribution in [0.15, 0.2) is 5.38 Å². The van der Waals surface area contributed by atoms with Crippen molar-refractivity contribution in [1.29, 1.82) is 0 Å². The highest BCUT2D eigenvalue weighted by atomic mass is 32.2. The van der Waals surface area contributed by atoms with Crippen molar-refractivity contribution in [3.8, 4) is 0 Å². The average Bonchev–Trinajstić information content (AvgIpc) is 2.83. The van der Waals surface area contributed by atoms with E-state index in [1.165, 1.54) is 16.7 Å². The second-order valence-electron chi connectivity index (χ2n) is 4.00. The predicted octanol–water partition coefficient (Wildman–Crippen LogP) is 0.452. The van der Waals surface area contributed by atoms with Crippen LogP contribution in [0.4, 0.5) is 4.79 Å². The summed E-state index contributed by atoms with van der Waals surface area (Å²) in [6.07, 6.45) is 2.79. The van der Waals surface area contributed by atoms with E-state index in [1.54, 1.807) is 6.26 Å². The van der Waals surface area contributed by atoms with Crippen LogP contribution in [0.1, 0.15) is 21.9 Å². The van der Waals surface area contributed by atoms with Gasteiger partial charge >= 0.3 is 12.0 Å². The number of hydrogen-bond acceptors (Lipinski definition) is 5. The topological polar surface area (TPSA) is 108 Å². The molecule has 0 aromatic carbocycles. The van der Waals surface area contributed by atoms with Gasteiger partial charge in [0, 0.05) is 47.7 Å². The fourth-order valence-corrected chi connectivity index (χ4v) is 2.67. The Morgan fingerprint density at radius 1 is 1.40 bits per heavy atom. The summed E-state index contributed by atoms with van der Waals surface area (Å²) in [6.45, 7) is 0.865. The van der Waals surface area contributed by atoms with Crippen LogP contribution in [0, 0.1) is 0 Å². The summed E-state index contributed by atoms with van der Waals surface area (Å²) in [6, 6.07) is -0.290.